The summed E-state index contributed by atoms with van der Waals surface area (Å²) in [6.07, 6.45) is 15.4. The van der Waals surface area contributed by atoms with Gasteiger partial charge in [-0.3, -0.25) is 4.89 Å². The van der Waals surface area contributed by atoms with E-state index in [2.05, 4.69) is 22.9 Å². The van der Waals surface area contributed by atoms with Crippen molar-refractivity contribution in [1.82, 2.24) is 0 Å². The number of hydrogen-bond acceptors (Lipinski definition) is 4. The Morgan fingerprint density at radius 1 is 0.765 bits per heavy atom. The van der Waals surface area contributed by atoms with E-state index in [9.17, 15) is 9.46 Å². The highest BCUT2D eigenvalue weighted by atomic mass is 79.9. The van der Waals surface area contributed by atoms with Crippen LogP contribution in [0, 0.1) is 0 Å². The number of rotatable bonds is 19. The predicted octanol–water partition coefficient (Wildman–Crippen LogP) is 9.22. The summed E-state index contributed by atoms with van der Waals surface area (Å²) in [5, 5.41) is 0.622. The Balaban J connectivity index is 1.66. The molecule has 0 radical (unpaired) electrons. The molecule has 0 aromatic heterocycles. The average molecular weight is 555 g/mol. The fourth-order valence-electron chi connectivity index (χ4n) is 3.73. The van der Waals surface area contributed by atoms with Gasteiger partial charge in [-0.1, -0.05) is 118 Å². The molecule has 1 N–H and O–H groups in total. The molecule has 0 aliphatic heterocycles. The SMILES string of the molecule is CCCCCCCCCCCCCCOc1ccccc1OP(=O)(O)Oc1cccc(CBr)c1. The number of para-hydroxylation sites is 2. The van der Waals surface area contributed by atoms with Crippen molar-refractivity contribution < 1.29 is 23.2 Å². The number of phosphoric ester groups is 1. The fourth-order valence-corrected chi connectivity index (χ4v) is 4.90. The molecule has 34 heavy (non-hydrogen) atoms. The lowest BCUT2D eigenvalue weighted by atomic mass is 10.1. The lowest BCUT2D eigenvalue weighted by Gasteiger charge is -2.16. The first-order valence-electron chi connectivity index (χ1n) is 12.6. The first kappa shape index (κ1) is 28.7. The normalized spacial score (nSPS) is 12.8. The molecule has 0 heterocycles. The van der Waals surface area contributed by atoms with E-state index in [1.807, 2.05) is 12.1 Å². The van der Waals surface area contributed by atoms with E-state index in [-0.39, 0.29) is 11.5 Å². The Hall–Kier alpha value is -1.49. The standard InChI is InChI=1S/C27H40BrO5P/c1-2-3-4-5-6-7-8-9-10-11-12-15-21-31-26-19-13-14-20-27(26)33-34(29,30)32-25-18-16-17-24(22-25)23-28/h13-14,16-20,22H,2-12,15,21,23H2,1H3,(H,29,30). The molecule has 0 aliphatic carbocycles. The average Bonchev–Trinajstić information content (AvgIpc) is 2.82. The number of ether oxygens (including phenoxy) is 1. The van der Waals surface area contributed by atoms with Gasteiger partial charge >= 0.3 is 7.82 Å². The molecule has 0 bridgehead atoms. The molecule has 0 amide bonds. The number of unbranched alkanes of at least 4 members (excludes halogenated alkanes) is 11. The summed E-state index contributed by atoms with van der Waals surface area (Å²) < 4.78 is 28.9. The Morgan fingerprint density at radius 2 is 1.35 bits per heavy atom. The molecule has 7 heteroatoms. The Bertz CT molecular complexity index is 860. The molecular formula is C27H40BrO5P. The molecule has 0 spiro atoms. The second-order valence-electron chi connectivity index (χ2n) is 8.62. The van der Waals surface area contributed by atoms with Crippen LogP contribution in [0.3, 0.4) is 0 Å². The van der Waals surface area contributed by atoms with Crippen LogP contribution in [0.2, 0.25) is 0 Å². The first-order chi connectivity index (χ1) is 16.5. The quantitative estimate of drug-likeness (QED) is 0.106. The molecule has 2 aromatic rings. The maximum atomic E-state index is 12.5. The number of halogens is 1. The van der Waals surface area contributed by atoms with Gasteiger partial charge in [-0.15, -0.1) is 0 Å². The van der Waals surface area contributed by atoms with Crippen LogP contribution in [0.4, 0.5) is 0 Å². The largest absolute Gasteiger partial charge is 0.585 e. The van der Waals surface area contributed by atoms with E-state index in [0.29, 0.717) is 17.7 Å². The summed E-state index contributed by atoms with van der Waals surface area (Å²) in [4.78, 5) is 10.2. The van der Waals surface area contributed by atoms with E-state index in [1.165, 1.54) is 64.2 Å². The molecule has 1 atom stereocenters. The van der Waals surface area contributed by atoms with E-state index in [4.69, 9.17) is 13.8 Å². The molecule has 5 nitrogen and oxygen atoms in total. The van der Waals surface area contributed by atoms with Crippen molar-refractivity contribution in [2.24, 2.45) is 0 Å². The van der Waals surface area contributed by atoms with E-state index < -0.39 is 7.82 Å². The third-order valence-electron chi connectivity index (χ3n) is 5.59. The summed E-state index contributed by atoms with van der Waals surface area (Å²) in [5.74, 6) is 0.916. The number of phosphoric acid groups is 1. The van der Waals surface area contributed by atoms with Crippen LogP contribution in [-0.4, -0.2) is 11.5 Å². The third-order valence-corrected chi connectivity index (χ3v) is 7.11. The smallest absolute Gasteiger partial charge is 0.490 e. The van der Waals surface area contributed by atoms with Crippen molar-refractivity contribution >= 4 is 23.8 Å². The molecule has 190 valence electrons. The minimum atomic E-state index is -4.36. The highest BCUT2D eigenvalue weighted by molar-refractivity contribution is 9.08. The zero-order valence-corrected chi connectivity index (χ0v) is 22.9. The molecule has 0 saturated carbocycles. The molecule has 0 fully saturated rings. The second kappa shape index (κ2) is 17.0. The van der Waals surface area contributed by atoms with Gasteiger partial charge in [0, 0.05) is 5.33 Å². The van der Waals surface area contributed by atoms with Crippen molar-refractivity contribution in [1.29, 1.82) is 0 Å². The lowest BCUT2D eigenvalue weighted by Crippen LogP contribution is -2.03. The first-order valence-corrected chi connectivity index (χ1v) is 15.2. The minimum Gasteiger partial charge on any atom is -0.490 e. The summed E-state index contributed by atoms with van der Waals surface area (Å²) in [5.41, 5.74) is 0.934. The number of benzene rings is 2. The molecule has 2 aromatic carbocycles. The van der Waals surface area contributed by atoms with Crippen LogP contribution < -0.4 is 13.8 Å². The van der Waals surface area contributed by atoms with Gasteiger partial charge in [-0.25, -0.2) is 4.57 Å². The fraction of sp³-hybridized carbons (Fsp3) is 0.556. The zero-order chi connectivity index (χ0) is 24.5. The van der Waals surface area contributed by atoms with Crippen LogP contribution in [0.1, 0.15) is 89.5 Å². The monoisotopic (exact) mass is 554 g/mol. The highest BCUT2D eigenvalue weighted by Gasteiger charge is 2.26. The zero-order valence-electron chi connectivity index (χ0n) is 20.4. The van der Waals surface area contributed by atoms with Gasteiger partial charge in [-0.2, -0.15) is 0 Å². The maximum absolute atomic E-state index is 12.5. The highest BCUT2D eigenvalue weighted by Crippen LogP contribution is 2.47. The topological polar surface area (TPSA) is 65.0 Å². The summed E-state index contributed by atoms with van der Waals surface area (Å²) in [7, 11) is -4.36. The van der Waals surface area contributed by atoms with Gasteiger partial charge in [-0.05, 0) is 36.2 Å². The second-order valence-corrected chi connectivity index (χ2v) is 10.5. The summed E-state index contributed by atoms with van der Waals surface area (Å²) in [6.45, 7) is 2.80. The molecule has 0 saturated heterocycles. The van der Waals surface area contributed by atoms with E-state index >= 15 is 0 Å². The van der Waals surface area contributed by atoms with Gasteiger partial charge in [0.1, 0.15) is 5.75 Å². The Morgan fingerprint density at radius 3 is 1.97 bits per heavy atom. The minimum absolute atomic E-state index is 0.198. The summed E-state index contributed by atoms with van der Waals surface area (Å²) >= 11 is 3.36. The van der Waals surface area contributed by atoms with Gasteiger partial charge in [0.25, 0.3) is 0 Å². The van der Waals surface area contributed by atoms with Crippen molar-refractivity contribution in [3.8, 4) is 17.2 Å². The van der Waals surface area contributed by atoms with Gasteiger partial charge in [0.05, 0.1) is 6.61 Å². The summed E-state index contributed by atoms with van der Waals surface area (Å²) in [6, 6.07) is 13.9. The van der Waals surface area contributed by atoms with Crippen LogP contribution in [0.25, 0.3) is 0 Å². The molecule has 1 unspecified atom stereocenters. The number of hydrogen-bond donors (Lipinski definition) is 1. The van der Waals surface area contributed by atoms with Crippen molar-refractivity contribution in [2.75, 3.05) is 6.61 Å². The van der Waals surface area contributed by atoms with Crippen molar-refractivity contribution in [3.63, 3.8) is 0 Å². The van der Waals surface area contributed by atoms with Crippen LogP contribution in [0.5, 0.6) is 17.2 Å². The van der Waals surface area contributed by atoms with Crippen LogP contribution in [-0.2, 0) is 9.90 Å². The molecule has 0 aliphatic rings. The Labute approximate surface area is 214 Å². The Kier molecular flexibility index (Phi) is 14.4. The van der Waals surface area contributed by atoms with E-state index in [0.717, 1.165) is 18.4 Å². The van der Waals surface area contributed by atoms with Gasteiger partial charge < -0.3 is 13.8 Å². The maximum Gasteiger partial charge on any atom is 0.585 e. The predicted molar refractivity (Wildman–Crippen MR) is 143 cm³/mol. The third kappa shape index (κ3) is 12.3. The van der Waals surface area contributed by atoms with Gasteiger partial charge in [0.15, 0.2) is 11.5 Å². The van der Waals surface area contributed by atoms with Crippen LogP contribution in [0.15, 0.2) is 48.5 Å². The van der Waals surface area contributed by atoms with Crippen LogP contribution >= 0.6 is 23.8 Å². The van der Waals surface area contributed by atoms with Gasteiger partial charge in [0.2, 0.25) is 0 Å². The number of alkyl halides is 1. The van der Waals surface area contributed by atoms with Crippen molar-refractivity contribution in [2.45, 2.75) is 89.3 Å². The lowest BCUT2D eigenvalue weighted by molar-refractivity contribution is 0.268. The van der Waals surface area contributed by atoms with E-state index in [1.54, 1.807) is 36.4 Å². The molecular weight excluding hydrogens is 515 g/mol. The van der Waals surface area contributed by atoms with Crippen molar-refractivity contribution in [3.05, 3.63) is 54.1 Å². The molecule has 2 rings (SSSR count).